The molecule has 1 unspecified atom stereocenters. The molecule has 6 heteroatoms. The second kappa shape index (κ2) is 7.66. The molecule has 0 aromatic heterocycles. The summed E-state index contributed by atoms with van der Waals surface area (Å²) in [7, 11) is 0. The molecule has 130 valence electrons. The highest BCUT2D eigenvalue weighted by atomic mass is 16.5. The molecule has 0 saturated carbocycles. The summed E-state index contributed by atoms with van der Waals surface area (Å²) in [6.07, 6.45) is 2.97. The highest BCUT2D eigenvalue weighted by molar-refractivity contribution is 5.89. The van der Waals surface area contributed by atoms with Gasteiger partial charge in [-0.15, -0.1) is 0 Å². The lowest BCUT2D eigenvalue weighted by atomic mass is 10.1. The second-order valence-electron chi connectivity index (χ2n) is 6.52. The third-order valence-electron chi connectivity index (χ3n) is 4.27. The van der Waals surface area contributed by atoms with E-state index in [0.29, 0.717) is 25.3 Å². The summed E-state index contributed by atoms with van der Waals surface area (Å²) in [5.41, 5.74) is 1.15. The smallest absolute Gasteiger partial charge is 0.221 e. The molecule has 0 radical (unpaired) electrons. The number of aliphatic imine (C=N–C) groups is 2. The number of nitrogens with one attached hydrogen (secondary N) is 1. The van der Waals surface area contributed by atoms with E-state index >= 15 is 0 Å². The van der Waals surface area contributed by atoms with Crippen LogP contribution in [-0.4, -0.2) is 49.2 Å². The fraction of sp³-hybridized carbons (Fsp3) is 0.556. The maximum atomic E-state index is 5.98. The highest BCUT2D eigenvalue weighted by Crippen LogP contribution is 2.22. The van der Waals surface area contributed by atoms with Crippen molar-refractivity contribution in [3.63, 3.8) is 0 Å². The Morgan fingerprint density at radius 2 is 2.21 bits per heavy atom. The maximum Gasteiger partial charge on any atom is 0.221 e. The van der Waals surface area contributed by atoms with Gasteiger partial charge in [0.2, 0.25) is 5.96 Å². The minimum Gasteiger partial charge on any atom is -0.488 e. The van der Waals surface area contributed by atoms with Crippen molar-refractivity contribution in [1.82, 2.24) is 10.2 Å². The van der Waals surface area contributed by atoms with E-state index in [4.69, 9.17) is 9.47 Å². The standard InChI is InChI=1S/C18H26N4O2/c1-13(2)22-11-19-18(20-12-22)21-14(3)15-5-4-6-16(9-15)24-17-7-8-23-10-17/h4-6,9,11,13-14,17H,7-8,10,12H2,1-3H3,(H,20,21)/t14-,17?/m0/s1. The van der Waals surface area contributed by atoms with E-state index in [9.17, 15) is 0 Å². The van der Waals surface area contributed by atoms with Crippen LogP contribution in [0.2, 0.25) is 0 Å². The molecule has 1 N–H and O–H groups in total. The average molecular weight is 330 g/mol. The van der Waals surface area contributed by atoms with E-state index in [2.05, 4.69) is 53.1 Å². The lowest BCUT2D eigenvalue weighted by Gasteiger charge is -2.26. The van der Waals surface area contributed by atoms with Crippen LogP contribution in [0.5, 0.6) is 5.75 Å². The summed E-state index contributed by atoms with van der Waals surface area (Å²) in [5.74, 6) is 1.56. The molecule has 0 amide bonds. The molecule has 2 aliphatic heterocycles. The Kier molecular flexibility index (Phi) is 5.35. The van der Waals surface area contributed by atoms with Crippen LogP contribution in [0.3, 0.4) is 0 Å². The molecule has 1 fully saturated rings. The normalized spacial score (nSPS) is 21.8. The first-order valence-corrected chi connectivity index (χ1v) is 8.57. The van der Waals surface area contributed by atoms with E-state index in [0.717, 1.165) is 24.3 Å². The Bertz CT molecular complexity index is 609. The van der Waals surface area contributed by atoms with Crippen LogP contribution < -0.4 is 10.1 Å². The van der Waals surface area contributed by atoms with Crippen LogP contribution in [-0.2, 0) is 4.74 Å². The number of hydrogen-bond donors (Lipinski definition) is 1. The topological polar surface area (TPSA) is 58.5 Å². The second-order valence-corrected chi connectivity index (χ2v) is 6.52. The number of nitrogens with zero attached hydrogens (tertiary/aromatic N) is 3. The molecule has 0 bridgehead atoms. The van der Waals surface area contributed by atoms with E-state index < -0.39 is 0 Å². The van der Waals surface area contributed by atoms with Gasteiger partial charge in [0.15, 0.2) is 0 Å². The van der Waals surface area contributed by atoms with Crippen LogP contribution in [0.25, 0.3) is 0 Å². The largest absolute Gasteiger partial charge is 0.488 e. The summed E-state index contributed by atoms with van der Waals surface area (Å²) < 4.78 is 11.3. The van der Waals surface area contributed by atoms with Crippen molar-refractivity contribution in [2.45, 2.75) is 45.4 Å². The van der Waals surface area contributed by atoms with Crippen molar-refractivity contribution in [3.05, 3.63) is 29.8 Å². The van der Waals surface area contributed by atoms with Crippen LogP contribution in [0, 0.1) is 0 Å². The fourth-order valence-electron chi connectivity index (χ4n) is 2.67. The lowest BCUT2D eigenvalue weighted by molar-refractivity contribution is 0.141. The molecule has 1 aromatic rings. The zero-order chi connectivity index (χ0) is 16.9. The van der Waals surface area contributed by atoms with Gasteiger partial charge in [0.1, 0.15) is 18.5 Å². The van der Waals surface area contributed by atoms with Gasteiger partial charge in [-0.3, -0.25) is 0 Å². The summed E-state index contributed by atoms with van der Waals surface area (Å²) in [4.78, 5) is 11.0. The zero-order valence-corrected chi connectivity index (χ0v) is 14.6. The molecule has 0 spiro atoms. The molecule has 6 nitrogen and oxygen atoms in total. The highest BCUT2D eigenvalue weighted by Gasteiger charge is 2.18. The zero-order valence-electron chi connectivity index (χ0n) is 14.6. The first kappa shape index (κ1) is 16.8. The third-order valence-corrected chi connectivity index (χ3v) is 4.27. The molecule has 2 atom stereocenters. The summed E-state index contributed by atoms with van der Waals surface area (Å²) in [6.45, 7) is 8.46. The minimum atomic E-state index is 0.106. The van der Waals surface area contributed by atoms with Crippen molar-refractivity contribution >= 4 is 12.3 Å². The lowest BCUT2D eigenvalue weighted by Crippen LogP contribution is -2.36. The molecule has 3 rings (SSSR count). The average Bonchev–Trinajstić information content (AvgIpc) is 3.08. The molecule has 1 saturated heterocycles. The van der Waals surface area contributed by atoms with Gasteiger partial charge in [-0.05, 0) is 38.5 Å². The molecule has 2 heterocycles. The third kappa shape index (κ3) is 4.26. The summed E-state index contributed by atoms with van der Waals surface area (Å²) in [5, 5.41) is 3.36. The quantitative estimate of drug-likeness (QED) is 0.901. The van der Waals surface area contributed by atoms with Crippen LogP contribution in [0.15, 0.2) is 34.3 Å². The maximum absolute atomic E-state index is 5.98. The monoisotopic (exact) mass is 330 g/mol. The number of hydrogen-bond acceptors (Lipinski definition) is 6. The molecule has 1 aromatic carbocycles. The van der Waals surface area contributed by atoms with Crippen molar-refractivity contribution < 1.29 is 9.47 Å². The SMILES string of the molecule is CC(C)N1C=NC(N[C@@H](C)c2cccc(OC3CCOC3)c2)=NC1. The van der Waals surface area contributed by atoms with Crippen LogP contribution >= 0.6 is 0 Å². The fourth-order valence-corrected chi connectivity index (χ4v) is 2.67. The van der Waals surface area contributed by atoms with E-state index in [1.54, 1.807) is 0 Å². The Morgan fingerprint density at radius 3 is 2.88 bits per heavy atom. The van der Waals surface area contributed by atoms with E-state index in [-0.39, 0.29) is 12.1 Å². The van der Waals surface area contributed by atoms with Crippen molar-refractivity contribution in [3.8, 4) is 5.75 Å². The number of ether oxygens (including phenoxy) is 2. The predicted molar refractivity (Wildman–Crippen MR) is 95.6 cm³/mol. The summed E-state index contributed by atoms with van der Waals surface area (Å²) >= 11 is 0. The molecular formula is C18H26N4O2. The Labute approximate surface area is 143 Å². The Morgan fingerprint density at radius 1 is 1.33 bits per heavy atom. The Hall–Kier alpha value is -2.08. The first-order valence-electron chi connectivity index (χ1n) is 8.57. The van der Waals surface area contributed by atoms with Gasteiger partial charge in [0.25, 0.3) is 0 Å². The van der Waals surface area contributed by atoms with Gasteiger partial charge in [-0.1, -0.05) is 12.1 Å². The van der Waals surface area contributed by atoms with Crippen molar-refractivity contribution in [2.24, 2.45) is 9.98 Å². The van der Waals surface area contributed by atoms with Crippen LogP contribution in [0.4, 0.5) is 0 Å². The molecular weight excluding hydrogens is 304 g/mol. The Balaban J connectivity index is 1.59. The van der Waals surface area contributed by atoms with Gasteiger partial charge >= 0.3 is 0 Å². The van der Waals surface area contributed by atoms with Gasteiger partial charge in [-0.25, -0.2) is 9.98 Å². The molecule has 2 aliphatic rings. The molecule has 0 aliphatic carbocycles. The predicted octanol–water partition coefficient (Wildman–Crippen LogP) is 2.57. The molecule has 24 heavy (non-hydrogen) atoms. The summed E-state index contributed by atoms with van der Waals surface area (Å²) in [6, 6.07) is 8.68. The van der Waals surface area contributed by atoms with Crippen molar-refractivity contribution in [1.29, 1.82) is 0 Å². The van der Waals surface area contributed by atoms with Crippen LogP contribution in [0.1, 0.15) is 38.8 Å². The van der Waals surface area contributed by atoms with E-state index in [1.807, 2.05) is 18.5 Å². The number of rotatable bonds is 5. The van der Waals surface area contributed by atoms with E-state index in [1.165, 1.54) is 0 Å². The van der Waals surface area contributed by atoms with Gasteiger partial charge < -0.3 is 19.7 Å². The number of guanidine groups is 1. The van der Waals surface area contributed by atoms with Gasteiger partial charge in [-0.2, -0.15) is 0 Å². The first-order chi connectivity index (χ1) is 11.6. The van der Waals surface area contributed by atoms with Gasteiger partial charge in [0, 0.05) is 12.5 Å². The minimum absolute atomic E-state index is 0.106. The number of benzene rings is 1. The van der Waals surface area contributed by atoms with Crippen molar-refractivity contribution in [2.75, 3.05) is 19.9 Å². The van der Waals surface area contributed by atoms with Gasteiger partial charge in [0.05, 0.1) is 25.6 Å².